The lowest BCUT2D eigenvalue weighted by atomic mass is 10.2. The highest BCUT2D eigenvalue weighted by atomic mass is 16.6. The van der Waals surface area contributed by atoms with Crippen LogP contribution in [0.3, 0.4) is 0 Å². The molecule has 0 aliphatic carbocycles. The lowest BCUT2D eigenvalue weighted by molar-refractivity contribution is -0.385. The normalized spacial score (nSPS) is 10.5. The summed E-state index contributed by atoms with van der Waals surface area (Å²) in [5.74, 6) is -0.111. The molecule has 0 atom stereocenters. The van der Waals surface area contributed by atoms with Gasteiger partial charge in [0.2, 0.25) is 5.82 Å². The zero-order valence-electron chi connectivity index (χ0n) is 10.6. The summed E-state index contributed by atoms with van der Waals surface area (Å²) in [4.78, 5) is 32.0. The molecule has 3 rings (SSSR count). The van der Waals surface area contributed by atoms with Gasteiger partial charge < -0.3 is 10.3 Å². The third-order valence-electron chi connectivity index (χ3n) is 2.91. The molecule has 8 heteroatoms. The van der Waals surface area contributed by atoms with Gasteiger partial charge in [-0.25, -0.2) is 4.98 Å². The molecule has 0 saturated heterocycles. The summed E-state index contributed by atoms with van der Waals surface area (Å²) in [6.45, 7) is 0. The summed E-state index contributed by atoms with van der Waals surface area (Å²) < 4.78 is 0. The van der Waals surface area contributed by atoms with E-state index in [0.717, 1.165) is 17.2 Å². The molecule has 0 fully saturated rings. The highest BCUT2D eigenvalue weighted by Crippen LogP contribution is 2.26. The Morgan fingerprint density at radius 2 is 2.05 bits per heavy atom. The molecule has 0 saturated carbocycles. The largest absolute Gasteiger partial charge is 0.376 e. The average Bonchev–Trinajstić information content (AvgIpc) is 2.47. The number of benzene rings is 1. The number of nitro groups is 1. The SMILES string of the molecule is O=c1[nH]cnc(Nc2cccc3ncccc23)c1[N+](=O)[O-]. The second-order valence-electron chi connectivity index (χ2n) is 4.19. The monoisotopic (exact) mass is 283 g/mol. The van der Waals surface area contributed by atoms with E-state index < -0.39 is 16.2 Å². The molecule has 0 amide bonds. The minimum atomic E-state index is -0.809. The molecule has 21 heavy (non-hydrogen) atoms. The Bertz CT molecular complexity index is 885. The number of hydrogen-bond donors (Lipinski definition) is 2. The second kappa shape index (κ2) is 5.00. The zero-order valence-corrected chi connectivity index (χ0v) is 10.6. The first-order chi connectivity index (χ1) is 10.2. The van der Waals surface area contributed by atoms with E-state index in [4.69, 9.17) is 0 Å². The first-order valence-corrected chi connectivity index (χ1v) is 5.99. The molecule has 0 aliphatic rings. The van der Waals surface area contributed by atoms with Crippen LogP contribution in [0.15, 0.2) is 47.7 Å². The quantitative estimate of drug-likeness (QED) is 0.561. The Morgan fingerprint density at radius 1 is 1.19 bits per heavy atom. The zero-order chi connectivity index (χ0) is 14.8. The molecule has 0 unspecified atom stereocenters. The van der Waals surface area contributed by atoms with Gasteiger partial charge in [-0.1, -0.05) is 6.07 Å². The molecule has 2 aromatic heterocycles. The van der Waals surface area contributed by atoms with Gasteiger partial charge in [0.05, 0.1) is 16.8 Å². The Kier molecular flexibility index (Phi) is 3.03. The molecule has 0 radical (unpaired) electrons. The molecular weight excluding hydrogens is 274 g/mol. The molecule has 104 valence electrons. The van der Waals surface area contributed by atoms with E-state index in [1.807, 2.05) is 12.1 Å². The van der Waals surface area contributed by atoms with Crippen molar-refractivity contribution in [2.75, 3.05) is 5.32 Å². The van der Waals surface area contributed by atoms with E-state index >= 15 is 0 Å². The van der Waals surface area contributed by atoms with Gasteiger partial charge in [-0.3, -0.25) is 19.9 Å². The van der Waals surface area contributed by atoms with Crippen LogP contribution >= 0.6 is 0 Å². The first kappa shape index (κ1) is 12.7. The number of aromatic nitrogens is 3. The maximum Gasteiger partial charge on any atom is 0.376 e. The van der Waals surface area contributed by atoms with Crippen LogP contribution in [-0.4, -0.2) is 19.9 Å². The Balaban J connectivity index is 2.14. The molecule has 2 N–H and O–H groups in total. The fourth-order valence-electron chi connectivity index (χ4n) is 1.99. The van der Waals surface area contributed by atoms with Crippen LogP contribution in [0.1, 0.15) is 0 Å². The predicted molar refractivity (Wildman–Crippen MR) is 76.5 cm³/mol. The van der Waals surface area contributed by atoms with E-state index in [2.05, 4.69) is 20.3 Å². The van der Waals surface area contributed by atoms with Crippen LogP contribution in [-0.2, 0) is 0 Å². The van der Waals surface area contributed by atoms with Gasteiger partial charge in [0.1, 0.15) is 0 Å². The van der Waals surface area contributed by atoms with Crippen molar-refractivity contribution < 1.29 is 4.92 Å². The minimum absolute atomic E-state index is 0.111. The third-order valence-corrected chi connectivity index (χ3v) is 2.91. The standard InChI is InChI=1S/C13H9N5O3/c19-13-11(18(20)21)12(15-7-16-13)17-10-5-1-4-9-8(10)3-2-6-14-9/h1-7H,(H2,15,16,17,19). The van der Waals surface area contributed by atoms with Gasteiger partial charge in [-0.15, -0.1) is 0 Å². The molecule has 2 heterocycles. The fraction of sp³-hybridized carbons (Fsp3) is 0. The number of nitrogens with zero attached hydrogens (tertiary/aromatic N) is 3. The predicted octanol–water partition coefficient (Wildman–Crippen LogP) is 1.97. The van der Waals surface area contributed by atoms with E-state index in [0.29, 0.717) is 5.69 Å². The Labute approximate surface area is 117 Å². The van der Waals surface area contributed by atoms with E-state index in [9.17, 15) is 14.9 Å². The van der Waals surface area contributed by atoms with Gasteiger partial charge in [0.15, 0.2) is 0 Å². The molecule has 0 aliphatic heterocycles. The highest BCUT2D eigenvalue weighted by Gasteiger charge is 2.21. The number of rotatable bonds is 3. The van der Waals surface area contributed by atoms with Crippen molar-refractivity contribution in [1.82, 2.24) is 15.0 Å². The molecule has 0 spiro atoms. The van der Waals surface area contributed by atoms with Gasteiger partial charge in [0, 0.05) is 17.3 Å². The summed E-state index contributed by atoms with van der Waals surface area (Å²) in [5.41, 5.74) is -0.119. The van der Waals surface area contributed by atoms with Crippen molar-refractivity contribution in [3.8, 4) is 0 Å². The maximum atomic E-state index is 11.5. The lowest BCUT2D eigenvalue weighted by Crippen LogP contribution is -2.14. The van der Waals surface area contributed by atoms with Crippen molar-refractivity contribution in [3.05, 3.63) is 63.3 Å². The number of pyridine rings is 1. The Morgan fingerprint density at radius 3 is 2.86 bits per heavy atom. The van der Waals surface area contributed by atoms with Crippen LogP contribution < -0.4 is 10.9 Å². The van der Waals surface area contributed by atoms with Crippen molar-refractivity contribution in [3.63, 3.8) is 0 Å². The average molecular weight is 283 g/mol. The minimum Gasteiger partial charge on any atom is -0.334 e. The number of H-pyrrole nitrogens is 1. The lowest BCUT2D eigenvalue weighted by Gasteiger charge is -2.08. The number of anilines is 2. The van der Waals surface area contributed by atoms with Crippen LogP contribution in [0.4, 0.5) is 17.2 Å². The van der Waals surface area contributed by atoms with Crippen molar-refractivity contribution in [1.29, 1.82) is 0 Å². The van der Waals surface area contributed by atoms with Crippen molar-refractivity contribution in [2.24, 2.45) is 0 Å². The molecule has 3 aromatic rings. The summed E-state index contributed by atoms with van der Waals surface area (Å²) in [7, 11) is 0. The summed E-state index contributed by atoms with van der Waals surface area (Å²) in [5, 5.41) is 14.6. The molecule has 0 bridgehead atoms. The number of aromatic amines is 1. The van der Waals surface area contributed by atoms with Crippen molar-refractivity contribution >= 4 is 28.1 Å². The van der Waals surface area contributed by atoms with Crippen LogP contribution in [0.5, 0.6) is 0 Å². The smallest absolute Gasteiger partial charge is 0.334 e. The first-order valence-electron chi connectivity index (χ1n) is 5.99. The van der Waals surface area contributed by atoms with E-state index in [-0.39, 0.29) is 5.82 Å². The molecule has 1 aromatic carbocycles. The van der Waals surface area contributed by atoms with E-state index in [1.165, 1.54) is 0 Å². The van der Waals surface area contributed by atoms with E-state index in [1.54, 1.807) is 24.4 Å². The van der Waals surface area contributed by atoms with Crippen LogP contribution in [0, 0.1) is 10.1 Å². The van der Waals surface area contributed by atoms with Crippen molar-refractivity contribution in [2.45, 2.75) is 0 Å². The van der Waals surface area contributed by atoms with Gasteiger partial charge in [0.25, 0.3) is 0 Å². The summed E-state index contributed by atoms with van der Waals surface area (Å²) >= 11 is 0. The molecular formula is C13H9N5O3. The molecule has 8 nitrogen and oxygen atoms in total. The summed E-state index contributed by atoms with van der Waals surface area (Å²) in [6, 6.07) is 8.89. The topological polar surface area (TPSA) is 114 Å². The van der Waals surface area contributed by atoms with Gasteiger partial charge in [-0.05, 0) is 24.3 Å². The highest BCUT2D eigenvalue weighted by molar-refractivity contribution is 5.93. The Hall–Kier alpha value is -3.29. The summed E-state index contributed by atoms with van der Waals surface area (Å²) in [6.07, 6.45) is 2.76. The second-order valence-corrected chi connectivity index (χ2v) is 4.19. The van der Waals surface area contributed by atoms with Crippen LogP contribution in [0.2, 0.25) is 0 Å². The van der Waals surface area contributed by atoms with Gasteiger partial charge >= 0.3 is 11.2 Å². The number of hydrogen-bond acceptors (Lipinski definition) is 6. The maximum absolute atomic E-state index is 11.5. The van der Waals surface area contributed by atoms with Crippen LogP contribution in [0.25, 0.3) is 10.9 Å². The number of nitrogens with one attached hydrogen (secondary N) is 2. The fourth-order valence-corrected chi connectivity index (χ4v) is 1.99. The number of fused-ring (bicyclic) bond motifs is 1. The van der Waals surface area contributed by atoms with Gasteiger partial charge in [-0.2, -0.15) is 0 Å². The third kappa shape index (κ3) is 2.29.